The van der Waals surface area contributed by atoms with Crippen molar-refractivity contribution < 1.29 is 9.59 Å². The molecule has 2 saturated heterocycles. The summed E-state index contributed by atoms with van der Waals surface area (Å²) < 4.78 is 0. The fraction of sp³-hybridized carbons (Fsp3) is 0.632. The van der Waals surface area contributed by atoms with Crippen LogP contribution in [0.15, 0.2) is 18.5 Å². The lowest BCUT2D eigenvalue weighted by Gasteiger charge is -2.34. The van der Waals surface area contributed by atoms with E-state index in [4.69, 9.17) is 0 Å². The molecule has 1 aromatic heterocycles. The quantitative estimate of drug-likeness (QED) is 0.863. The highest BCUT2D eigenvalue weighted by Gasteiger charge is 2.29. The molecule has 5 heteroatoms. The van der Waals surface area contributed by atoms with Gasteiger partial charge in [0.15, 0.2) is 0 Å². The molecule has 24 heavy (non-hydrogen) atoms. The first-order chi connectivity index (χ1) is 11.5. The number of aromatic nitrogens is 1. The molecule has 0 bridgehead atoms. The third kappa shape index (κ3) is 3.94. The minimum atomic E-state index is -0.256. The standard InChI is InChI=1S/C19H27N3O2/c1-13(2)9-14-5-7-22(8-6-14)16-10-15(11-20-12-16)17-3-4-18(23)21-19(17)24/h10-14,17H,3-9H2,1-2H3,(H,21,23,24). The molecule has 1 atom stereocenters. The van der Waals surface area contributed by atoms with E-state index in [1.165, 1.54) is 19.3 Å². The maximum absolute atomic E-state index is 12.1. The number of pyridine rings is 1. The molecule has 2 fully saturated rings. The Bertz CT molecular complexity index is 606. The molecule has 0 radical (unpaired) electrons. The first kappa shape index (κ1) is 16.9. The molecule has 3 heterocycles. The van der Waals surface area contributed by atoms with Crippen LogP contribution in [0.2, 0.25) is 0 Å². The molecule has 1 unspecified atom stereocenters. The molecule has 0 spiro atoms. The van der Waals surface area contributed by atoms with Gasteiger partial charge in [0.2, 0.25) is 11.8 Å². The average Bonchev–Trinajstić information content (AvgIpc) is 2.55. The molecule has 1 N–H and O–H groups in total. The van der Waals surface area contributed by atoms with Gasteiger partial charge in [-0.25, -0.2) is 0 Å². The van der Waals surface area contributed by atoms with Gasteiger partial charge in [-0.05, 0) is 49.1 Å². The van der Waals surface area contributed by atoms with Gasteiger partial charge in [0, 0.05) is 25.7 Å². The minimum Gasteiger partial charge on any atom is -0.370 e. The Morgan fingerprint density at radius 3 is 2.62 bits per heavy atom. The summed E-state index contributed by atoms with van der Waals surface area (Å²) in [7, 11) is 0. The number of nitrogens with one attached hydrogen (secondary N) is 1. The average molecular weight is 329 g/mol. The van der Waals surface area contributed by atoms with E-state index in [2.05, 4.69) is 35.1 Å². The summed E-state index contributed by atoms with van der Waals surface area (Å²) >= 11 is 0. The Balaban J connectivity index is 1.66. The van der Waals surface area contributed by atoms with Crippen LogP contribution in [0, 0.1) is 11.8 Å². The van der Waals surface area contributed by atoms with Crippen molar-refractivity contribution in [1.29, 1.82) is 0 Å². The van der Waals surface area contributed by atoms with Gasteiger partial charge < -0.3 is 4.90 Å². The van der Waals surface area contributed by atoms with Crippen molar-refractivity contribution in [2.24, 2.45) is 11.8 Å². The summed E-state index contributed by atoms with van der Waals surface area (Å²) in [4.78, 5) is 30.1. The summed E-state index contributed by atoms with van der Waals surface area (Å²) in [5.41, 5.74) is 2.02. The number of carbonyl (C=O) groups excluding carboxylic acids is 2. The molecule has 2 aliphatic rings. The predicted molar refractivity (Wildman–Crippen MR) is 93.8 cm³/mol. The zero-order chi connectivity index (χ0) is 17.1. The van der Waals surface area contributed by atoms with E-state index >= 15 is 0 Å². The molecule has 0 saturated carbocycles. The zero-order valence-corrected chi connectivity index (χ0v) is 14.6. The second kappa shape index (κ2) is 7.32. The zero-order valence-electron chi connectivity index (χ0n) is 14.6. The van der Waals surface area contributed by atoms with Gasteiger partial charge in [-0.15, -0.1) is 0 Å². The summed E-state index contributed by atoms with van der Waals surface area (Å²) in [6, 6.07) is 2.08. The highest BCUT2D eigenvalue weighted by atomic mass is 16.2. The molecule has 1 aromatic rings. The second-order valence-electron chi connectivity index (χ2n) is 7.54. The fourth-order valence-corrected chi connectivity index (χ4v) is 3.91. The van der Waals surface area contributed by atoms with Crippen molar-refractivity contribution >= 4 is 17.5 Å². The van der Waals surface area contributed by atoms with Crippen LogP contribution in [0.3, 0.4) is 0 Å². The molecular formula is C19H27N3O2. The normalized spacial score (nSPS) is 22.8. The Kier molecular flexibility index (Phi) is 5.17. The van der Waals surface area contributed by atoms with Crippen molar-refractivity contribution in [2.45, 2.75) is 51.9 Å². The lowest BCUT2D eigenvalue weighted by Crippen LogP contribution is -2.39. The Morgan fingerprint density at radius 2 is 1.96 bits per heavy atom. The minimum absolute atomic E-state index is 0.174. The van der Waals surface area contributed by atoms with E-state index in [1.54, 1.807) is 6.20 Å². The summed E-state index contributed by atoms with van der Waals surface area (Å²) in [5.74, 6) is 0.966. The van der Waals surface area contributed by atoms with Gasteiger partial charge in [0.25, 0.3) is 0 Å². The number of piperidine rings is 2. The number of amides is 2. The van der Waals surface area contributed by atoms with Crippen LogP contribution < -0.4 is 10.2 Å². The topological polar surface area (TPSA) is 62.3 Å². The van der Waals surface area contributed by atoms with E-state index < -0.39 is 0 Å². The summed E-state index contributed by atoms with van der Waals surface area (Å²) in [6.07, 6.45) is 8.38. The summed E-state index contributed by atoms with van der Waals surface area (Å²) in [5, 5.41) is 2.43. The number of hydrogen-bond acceptors (Lipinski definition) is 4. The highest BCUT2D eigenvalue weighted by Crippen LogP contribution is 2.30. The van der Waals surface area contributed by atoms with Crippen molar-refractivity contribution in [1.82, 2.24) is 10.3 Å². The first-order valence-corrected chi connectivity index (χ1v) is 9.06. The highest BCUT2D eigenvalue weighted by molar-refractivity contribution is 6.00. The van der Waals surface area contributed by atoms with Crippen LogP contribution in [0.25, 0.3) is 0 Å². The van der Waals surface area contributed by atoms with Crippen LogP contribution in [0.4, 0.5) is 5.69 Å². The van der Waals surface area contributed by atoms with E-state index in [1.807, 2.05) is 6.20 Å². The smallest absolute Gasteiger partial charge is 0.234 e. The number of anilines is 1. The molecule has 0 aliphatic carbocycles. The number of carbonyl (C=O) groups is 2. The van der Waals surface area contributed by atoms with E-state index in [0.717, 1.165) is 36.2 Å². The van der Waals surface area contributed by atoms with Crippen molar-refractivity contribution in [3.8, 4) is 0 Å². The molecule has 0 aromatic carbocycles. The number of rotatable bonds is 4. The SMILES string of the molecule is CC(C)CC1CCN(c2cncc(C3CCC(=O)NC3=O)c2)CC1. The molecule has 130 valence electrons. The van der Waals surface area contributed by atoms with Gasteiger partial charge in [-0.3, -0.25) is 19.9 Å². The lowest BCUT2D eigenvalue weighted by molar-refractivity contribution is -0.134. The van der Waals surface area contributed by atoms with Crippen LogP contribution in [0.1, 0.15) is 57.4 Å². The Hall–Kier alpha value is -1.91. The van der Waals surface area contributed by atoms with Crippen LogP contribution in [-0.4, -0.2) is 29.9 Å². The van der Waals surface area contributed by atoms with Gasteiger partial charge >= 0.3 is 0 Å². The maximum Gasteiger partial charge on any atom is 0.234 e. The van der Waals surface area contributed by atoms with Gasteiger partial charge in [0.1, 0.15) is 0 Å². The third-order valence-electron chi connectivity index (χ3n) is 5.17. The fourth-order valence-electron chi connectivity index (χ4n) is 3.91. The van der Waals surface area contributed by atoms with E-state index in [-0.39, 0.29) is 17.7 Å². The van der Waals surface area contributed by atoms with Crippen molar-refractivity contribution in [3.63, 3.8) is 0 Å². The van der Waals surface area contributed by atoms with Gasteiger partial charge in [0.05, 0.1) is 17.8 Å². The van der Waals surface area contributed by atoms with Crippen LogP contribution in [0.5, 0.6) is 0 Å². The lowest BCUT2D eigenvalue weighted by atomic mass is 9.88. The number of nitrogens with zero attached hydrogens (tertiary/aromatic N) is 2. The number of imide groups is 1. The summed E-state index contributed by atoms with van der Waals surface area (Å²) in [6.45, 7) is 6.69. The second-order valence-corrected chi connectivity index (χ2v) is 7.54. The molecular weight excluding hydrogens is 302 g/mol. The van der Waals surface area contributed by atoms with E-state index in [0.29, 0.717) is 12.8 Å². The van der Waals surface area contributed by atoms with Crippen molar-refractivity contribution in [2.75, 3.05) is 18.0 Å². The van der Waals surface area contributed by atoms with Crippen LogP contribution in [-0.2, 0) is 9.59 Å². The van der Waals surface area contributed by atoms with Gasteiger partial charge in [-0.2, -0.15) is 0 Å². The van der Waals surface area contributed by atoms with Crippen molar-refractivity contribution in [3.05, 3.63) is 24.0 Å². The van der Waals surface area contributed by atoms with Crippen LogP contribution >= 0.6 is 0 Å². The Morgan fingerprint density at radius 1 is 1.21 bits per heavy atom. The third-order valence-corrected chi connectivity index (χ3v) is 5.17. The Labute approximate surface area is 143 Å². The van der Waals surface area contributed by atoms with E-state index in [9.17, 15) is 9.59 Å². The van der Waals surface area contributed by atoms with Gasteiger partial charge in [-0.1, -0.05) is 13.8 Å². The molecule has 3 rings (SSSR count). The first-order valence-electron chi connectivity index (χ1n) is 9.06. The molecule has 2 aliphatic heterocycles. The molecule has 5 nitrogen and oxygen atoms in total. The largest absolute Gasteiger partial charge is 0.370 e. The predicted octanol–water partition coefficient (Wildman–Crippen LogP) is 2.86. The monoisotopic (exact) mass is 329 g/mol. The molecule has 2 amide bonds. The maximum atomic E-state index is 12.1. The number of hydrogen-bond donors (Lipinski definition) is 1.